The van der Waals surface area contributed by atoms with Crippen LogP contribution in [-0.2, 0) is 17.1 Å². The molecule has 0 aromatic carbocycles. The molecule has 0 bridgehead atoms. The average Bonchev–Trinajstić information content (AvgIpc) is 1.39. The second-order valence-electron chi connectivity index (χ2n) is 0.183. The third-order valence-electron chi connectivity index (χ3n) is 0. The van der Waals surface area contributed by atoms with Gasteiger partial charge < -0.3 is 0 Å². The van der Waals surface area contributed by atoms with Gasteiger partial charge in [0, 0.05) is 0 Å². The Hall–Kier alpha value is 0.718. The van der Waals surface area contributed by atoms with E-state index in [1.807, 2.05) is 0 Å². The molecule has 7 heavy (non-hydrogen) atoms. The number of nitrogens with zero attached hydrogens (tertiary/aromatic N) is 2. The quantitative estimate of drug-likeness (QED) is 0.409. The van der Waals surface area contributed by atoms with Crippen molar-refractivity contribution in [3.8, 4) is 0 Å². The van der Waals surface area contributed by atoms with E-state index in [4.69, 9.17) is 10.8 Å². The van der Waals surface area contributed by atoms with Crippen LogP contribution in [0.3, 0.4) is 0 Å². The van der Waals surface area contributed by atoms with Crippen LogP contribution in [0.15, 0.2) is 0 Å². The van der Waals surface area contributed by atoms with Crippen molar-refractivity contribution in [1.82, 2.24) is 0 Å². The molecule has 0 aliphatic carbocycles. The second kappa shape index (κ2) is 29.7. The number of rotatable bonds is 0. The predicted molar refractivity (Wildman–Crippen MR) is 28.2 cm³/mol. The van der Waals surface area contributed by atoms with Gasteiger partial charge in [0.15, 0.2) is 0 Å². The molecule has 37 valence electrons. The van der Waals surface area contributed by atoms with E-state index in [0.717, 1.165) is 0 Å². The standard InChI is InChI=1S/2CNSe.Mn/c2*2-1-3;/q2*-1;+2. The topological polar surface area (TPSA) is 44.6 Å². The van der Waals surface area contributed by atoms with E-state index in [9.17, 15) is 0 Å². The zero-order valence-corrected chi connectivity index (χ0v) is 7.70. The van der Waals surface area contributed by atoms with E-state index in [1.54, 1.807) is 9.43 Å². The summed E-state index contributed by atoms with van der Waals surface area (Å²) in [5, 5.41) is 14.5. The molecule has 0 saturated carbocycles. The van der Waals surface area contributed by atoms with Crippen LogP contribution < -0.4 is 0 Å². The third kappa shape index (κ3) is 290. The first-order valence-corrected chi connectivity index (χ1v) is 2.57. The van der Waals surface area contributed by atoms with Crippen LogP contribution >= 0.6 is 0 Å². The fourth-order valence-electron chi connectivity index (χ4n) is 0. The molecule has 0 rings (SSSR count). The molecule has 0 fully saturated rings. The van der Waals surface area contributed by atoms with Crippen LogP contribution in [-0.4, -0.2) is 40.6 Å². The van der Waals surface area contributed by atoms with E-state index in [1.165, 1.54) is 0 Å². The molecule has 0 aromatic heterocycles. The van der Waals surface area contributed by atoms with Crippen molar-refractivity contribution in [2.45, 2.75) is 0 Å². The molecule has 0 heterocycles. The molecule has 0 saturated heterocycles. The summed E-state index contributed by atoms with van der Waals surface area (Å²) in [4.78, 5) is 0. The Morgan fingerprint density at radius 1 is 1.00 bits per heavy atom. The van der Waals surface area contributed by atoms with E-state index in [0.29, 0.717) is 0 Å². The molecule has 0 amide bonds. The predicted octanol–water partition coefficient (Wildman–Crippen LogP) is -0.743. The van der Waals surface area contributed by atoms with Crippen molar-refractivity contribution in [3.05, 3.63) is 10.8 Å². The van der Waals surface area contributed by atoms with Gasteiger partial charge in [-0.25, -0.2) is 0 Å². The van der Waals surface area contributed by atoms with Gasteiger partial charge >= 0.3 is 68.5 Å². The Balaban J connectivity index is -0.0000000400. The molecule has 0 aliphatic heterocycles. The molecule has 1 radical (unpaired) electrons. The van der Waals surface area contributed by atoms with Crippen LogP contribution in [0.5, 0.6) is 0 Å². The van der Waals surface area contributed by atoms with Gasteiger partial charge in [-0.2, -0.15) is 0 Å². The third-order valence-corrected chi connectivity index (χ3v) is 0. The fraction of sp³-hybridized carbons (Fsp3) is 0. The van der Waals surface area contributed by atoms with E-state index in [2.05, 4.69) is 31.2 Å². The maximum absolute atomic E-state index is 7.26. The van der Waals surface area contributed by atoms with Gasteiger partial charge in [0.25, 0.3) is 0 Å². The summed E-state index contributed by atoms with van der Waals surface area (Å²) in [7, 11) is 0. The summed E-state index contributed by atoms with van der Waals surface area (Å²) in [6.07, 6.45) is 0. The van der Waals surface area contributed by atoms with Crippen molar-refractivity contribution in [1.29, 1.82) is 0 Å². The van der Waals surface area contributed by atoms with Crippen molar-refractivity contribution in [2.75, 3.05) is 0 Å². The summed E-state index contributed by atoms with van der Waals surface area (Å²) in [6.45, 7) is 0. The molecule has 2 nitrogen and oxygen atoms in total. The summed E-state index contributed by atoms with van der Waals surface area (Å²) < 4.78 is 3.25. The first-order chi connectivity index (χ1) is 2.83. The number of hydrogen-bond donors (Lipinski definition) is 0. The van der Waals surface area contributed by atoms with Crippen molar-refractivity contribution >= 4 is 40.6 Å². The van der Waals surface area contributed by atoms with Crippen LogP contribution in [0, 0.1) is 0 Å². The first-order valence-electron chi connectivity index (χ1n) is 0.855. The zero-order valence-electron chi connectivity index (χ0n) is 3.09. The molecule has 0 aliphatic rings. The summed E-state index contributed by atoms with van der Waals surface area (Å²) in [5.41, 5.74) is 0. The van der Waals surface area contributed by atoms with Gasteiger partial charge in [0.1, 0.15) is 0 Å². The van der Waals surface area contributed by atoms with Gasteiger partial charge in [-0.3, -0.25) is 0 Å². The molecule has 0 aromatic rings. The monoisotopic (exact) mass is 267 g/mol. The Kier molecular flexibility index (Phi) is 66.5. The van der Waals surface area contributed by atoms with Crippen LogP contribution in [0.1, 0.15) is 0 Å². The molecular weight excluding hydrogens is 265 g/mol. The van der Waals surface area contributed by atoms with Crippen molar-refractivity contribution < 1.29 is 17.1 Å². The SMILES string of the molecule is [Mn+2].[N-]=C=[Se].[N-]=C=[Se]. The minimum absolute atomic E-state index is 0. The van der Waals surface area contributed by atoms with Crippen molar-refractivity contribution in [2.24, 2.45) is 0 Å². The van der Waals surface area contributed by atoms with Crippen LogP contribution in [0.2, 0.25) is 0 Å². The molecular formula is C2MnN2Se2. The van der Waals surface area contributed by atoms with Gasteiger partial charge in [0.2, 0.25) is 0 Å². The molecule has 0 N–H and O–H groups in total. The molecule has 0 unspecified atom stereocenters. The van der Waals surface area contributed by atoms with E-state index < -0.39 is 0 Å². The van der Waals surface area contributed by atoms with Crippen LogP contribution in [0.25, 0.3) is 10.8 Å². The fourth-order valence-corrected chi connectivity index (χ4v) is 0. The van der Waals surface area contributed by atoms with Gasteiger partial charge in [-0.05, 0) is 0 Å². The van der Waals surface area contributed by atoms with Gasteiger partial charge in [-0.15, -0.1) is 0 Å². The summed E-state index contributed by atoms with van der Waals surface area (Å²) in [6, 6.07) is 0. The van der Waals surface area contributed by atoms with Crippen molar-refractivity contribution in [3.63, 3.8) is 0 Å². The minimum atomic E-state index is 0. The van der Waals surface area contributed by atoms with E-state index in [-0.39, 0.29) is 17.1 Å². The van der Waals surface area contributed by atoms with Crippen LogP contribution in [0.4, 0.5) is 0 Å². The summed E-state index contributed by atoms with van der Waals surface area (Å²) in [5.74, 6) is 0. The number of hydrogen-bond acceptors (Lipinski definition) is 0. The Bertz CT molecular complexity index is 67.7. The van der Waals surface area contributed by atoms with Gasteiger partial charge in [0.05, 0.1) is 0 Å². The normalized spacial score (nSPS) is 2.29. The molecule has 0 spiro atoms. The maximum atomic E-state index is 7.26. The van der Waals surface area contributed by atoms with Gasteiger partial charge in [-0.1, -0.05) is 0 Å². The Morgan fingerprint density at radius 3 is 1.00 bits per heavy atom. The first kappa shape index (κ1) is 15.6. The molecule has 5 heteroatoms. The average molecular weight is 265 g/mol. The summed E-state index contributed by atoms with van der Waals surface area (Å²) >= 11 is 4.22. The Morgan fingerprint density at radius 2 is 1.00 bits per heavy atom. The second-order valence-corrected chi connectivity index (χ2v) is 0.949. The Labute approximate surface area is 68.3 Å². The zero-order chi connectivity index (χ0) is 5.41. The van der Waals surface area contributed by atoms with E-state index >= 15 is 0 Å². The molecule has 0 atom stereocenters.